The highest BCUT2D eigenvalue weighted by molar-refractivity contribution is 6.32. The maximum Gasteiger partial charge on any atom is 0.417 e. The normalized spacial score (nSPS) is 11.5. The number of benzene rings is 1. The third-order valence-electron chi connectivity index (χ3n) is 3.62. The van der Waals surface area contributed by atoms with Gasteiger partial charge < -0.3 is 5.32 Å². The zero-order valence-electron chi connectivity index (χ0n) is 13.0. The van der Waals surface area contributed by atoms with E-state index in [0.29, 0.717) is 13.1 Å². The van der Waals surface area contributed by atoms with Crippen molar-refractivity contribution in [3.05, 3.63) is 76.7 Å². The van der Waals surface area contributed by atoms with Crippen LogP contribution in [0, 0.1) is 0 Å². The number of alkyl halides is 3. The van der Waals surface area contributed by atoms with Crippen LogP contribution in [0.15, 0.2) is 55.0 Å². The van der Waals surface area contributed by atoms with Crippen molar-refractivity contribution < 1.29 is 13.2 Å². The van der Waals surface area contributed by atoms with Gasteiger partial charge in [0.15, 0.2) is 0 Å². The molecule has 1 aromatic carbocycles. The Morgan fingerprint density at radius 3 is 2.52 bits per heavy atom. The molecule has 0 atom stereocenters. The van der Waals surface area contributed by atoms with Gasteiger partial charge in [-0.25, -0.2) is 4.98 Å². The highest BCUT2D eigenvalue weighted by Gasteiger charge is 2.31. The van der Waals surface area contributed by atoms with Crippen LogP contribution in [0.4, 0.5) is 19.0 Å². The average molecular weight is 367 g/mol. The summed E-state index contributed by atoms with van der Waals surface area (Å²) in [6.07, 6.45) is -0.138. The Morgan fingerprint density at radius 2 is 1.88 bits per heavy atom. The minimum absolute atomic E-state index is 0.0700. The lowest BCUT2D eigenvalue weighted by atomic mass is 10.1. The van der Waals surface area contributed by atoms with E-state index in [4.69, 9.17) is 11.6 Å². The molecule has 0 unspecified atom stereocenters. The fourth-order valence-electron chi connectivity index (χ4n) is 2.35. The second-order valence-corrected chi connectivity index (χ2v) is 5.79. The van der Waals surface area contributed by atoms with Crippen molar-refractivity contribution in [1.82, 2.24) is 14.8 Å². The molecule has 3 rings (SSSR count). The number of anilines is 1. The Morgan fingerprint density at radius 1 is 1.12 bits per heavy atom. The Labute approximate surface area is 147 Å². The maximum absolute atomic E-state index is 12.7. The quantitative estimate of drug-likeness (QED) is 0.717. The molecule has 0 aliphatic heterocycles. The summed E-state index contributed by atoms with van der Waals surface area (Å²) in [5.41, 5.74) is 1.15. The molecule has 0 aliphatic carbocycles. The van der Waals surface area contributed by atoms with Crippen molar-refractivity contribution in [3.8, 4) is 0 Å². The van der Waals surface area contributed by atoms with E-state index in [9.17, 15) is 13.2 Å². The summed E-state index contributed by atoms with van der Waals surface area (Å²) in [7, 11) is 0. The van der Waals surface area contributed by atoms with Crippen LogP contribution in [-0.2, 0) is 19.3 Å². The van der Waals surface area contributed by atoms with E-state index >= 15 is 0 Å². The molecule has 0 amide bonds. The number of aromatic nitrogens is 3. The number of nitrogens with zero attached hydrogens (tertiary/aromatic N) is 3. The first kappa shape index (κ1) is 17.3. The zero-order valence-corrected chi connectivity index (χ0v) is 13.7. The molecule has 0 radical (unpaired) electrons. The summed E-state index contributed by atoms with van der Waals surface area (Å²) in [5, 5.41) is 7.09. The van der Waals surface area contributed by atoms with Crippen LogP contribution < -0.4 is 5.32 Å². The van der Waals surface area contributed by atoms with Crippen molar-refractivity contribution in [2.75, 3.05) is 5.32 Å². The van der Waals surface area contributed by atoms with Gasteiger partial charge >= 0.3 is 6.18 Å². The third kappa shape index (κ3) is 4.30. The molecule has 4 nitrogen and oxygen atoms in total. The molecule has 0 saturated heterocycles. The lowest BCUT2D eigenvalue weighted by molar-refractivity contribution is -0.137. The second-order valence-electron chi connectivity index (χ2n) is 5.38. The van der Waals surface area contributed by atoms with E-state index in [0.717, 1.165) is 23.4 Å². The van der Waals surface area contributed by atoms with Crippen LogP contribution in [-0.4, -0.2) is 14.8 Å². The molecular formula is C17H14ClF3N4. The predicted octanol–water partition coefficient (Wildman–Crippen LogP) is 4.61. The van der Waals surface area contributed by atoms with Gasteiger partial charge in [-0.3, -0.25) is 4.68 Å². The highest BCUT2D eigenvalue weighted by atomic mass is 35.5. The summed E-state index contributed by atoms with van der Waals surface area (Å²) in [6, 6.07) is 10.4. The standard InChI is InChI=1S/C17H14ClF3N4/c18-15-8-14(17(19,20)21)10-23-16(15)22-9-12-4-1-2-5-13(12)11-25-7-3-6-24-25/h1-8,10H,9,11H2,(H,22,23). The fourth-order valence-corrected chi connectivity index (χ4v) is 2.59. The smallest absolute Gasteiger partial charge is 0.365 e. The summed E-state index contributed by atoms with van der Waals surface area (Å²) in [6.45, 7) is 0.981. The molecule has 3 aromatic rings. The first-order valence-electron chi connectivity index (χ1n) is 7.44. The minimum atomic E-state index is -4.47. The van der Waals surface area contributed by atoms with Gasteiger partial charge in [-0.1, -0.05) is 35.9 Å². The van der Waals surface area contributed by atoms with E-state index in [1.807, 2.05) is 36.5 Å². The molecular weight excluding hydrogens is 353 g/mol. The van der Waals surface area contributed by atoms with Crippen LogP contribution in [0.1, 0.15) is 16.7 Å². The first-order valence-corrected chi connectivity index (χ1v) is 7.82. The van der Waals surface area contributed by atoms with Crippen LogP contribution >= 0.6 is 11.6 Å². The van der Waals surface area contributed by atoms with Crippen molar-refractivity contribution in [1.29, 1.82) is 0 Å². The molecule has 25 heavy (non-hydrogen) atoms. The fraction of sp³-hybridized carbons (Fsp3) is 0.176. The number of pyridine rings is 1. The van der Waals surface area contributed by atoms with Gasteiger partial charge in [0.2, 0.25) is 0 Å². The maximum atomic E-state index is 12.7. The SMILES string of the molecule is FC(F)(F)c1cnc(NCc2ccccc2Cn2cccn2)c(Cl)c1. The predicted molar refractivity (Wildman–Crippen MR) is 89.3 cm³/mol. The van der Waals surface area contributed by atoms with Crippen molar-refractivity contribution in [2.24, 2.45) is 0 Å². The Bertz CT molecular complexity index is 847. The molecule has 0 bridgehead atoms. The molecule has 1 N–H and O–H groups in total. The first-order chi connectivity index (χ1) is 11.9. The van der Waals surface area contributed by atoms with E-state index in [1.54, 1.807) is 10.9 Å². The van der Waals surface area contributed by atoms with Crippen LogP contribution in [0.2, 0.25) is 5.02 Å². The van der Waals surface area contributed by atoms with Gasteiger partial charge in [0.25, 0.3) is 0 Å². The highest BCUT2D eigenvalue weighted by Crippen LogP contribution is 2.32. The molecule has 2 heterocycles. The molecule has 0 saturated carbocycles. The van der Waals surface area contributed by atoms with Gasteiger partial charge in [0, 0.05) is 25.1 Å². The van der Waals surface area contributed by atoms with Gasteiger partial charge in [0.1, 0.15) is 5.82 Å². The van der Waals surface area contributed by atoms with E-state index < -0.39 is 11.7 Å². The summed E-state index contributed by atoms with van der Waals surface area (Å²) >= 11 is 5.92. The Hall–Kier alpha value is -2.54. The van der Waals surface area contributed by atoms with Crippen molar-refractivity contribution in [3.63, 3.8) is 0 Å². The van der Waals surface area contributed by atoms with Crippen molar-refractivity contribution in [2.45, 2.75) is 19.3 Å². The molecule has 2 aromatic heterocycles. The minimum Gasteiger partial charge on any atom is -0.365 e. The number of rotatable bonds is 5. The zero-order chi connectivity index (χ0) is 17.9. The number of halogens is 4. The van der Waals surface area contributed by atoms with E-state index in [-0.39, 0.29) is 10.8 Å². The Balaban J connectivity index is 1.74. The van der Waals surface area contributed by atoms with Gasteiger partial charge in [-0.15, -0.1) is 0 Å². The molecule has 0 spiro atoms. The Kier molecular flexibility index (Phi) is 4.94. The molecule has 0 fully saturated rings. The lowest BCUT2D eigenvalue weighted by Gasteiger charge is -2.13. The number of hydrogen-bond acceptors (Lipinski definition) is 3. The van der Waals surface area contributed by atoms with Crippen molar-refractivity contribution >= 4 is 17.4 Å². The van der Waals surface area contributed by atoms with Gasteiger partial charge in [-0.2, -0.15) is 18.3 Å². The monoisotopic (exact) mass is 366 g/mol. The van der Waals surface area contributed by atoms with E-state index in [2.05, 4.69) is 15.4 Å². The molecule has 130 valence electrons. The van der Waals surface area contributed by atoms with E-state index in [1.165, 1.54) is 0 Å². The van der Waals surface area contributed by atoms with Gasteiger partial charge in [-0.05, 0) is 23.3 Å². The van der Waals surface area contributed by atoms with Crippen LogP contribution in [0.25, 0.3) is 0 Å². The van der Waals surface area contributed by atoms with Crippen LogP contribution in [0.5, 0.6) is 0 Å². The van der Waals surface area contributed by atoms with Gasteiger partial charge in [0.05, 0.1) is 17.1 Å². The lowest BCUT2D eigenvalue weighted by Crippen LogP contribution is -2.10. The largest absolute Gasteiger partial charge is 0.417 e. The summed E-state index contributed by atoms with van der Waals surface area (Å²) < 4.78 is 39.8. The van der Waals surface area contributed by atoms with Crippen LogP contribution in [0.3, 0.4) is 0 Å². The third-order valence-corrected chi connectivity index (χ3v) is 3.91. The topological polar surface area (TPSA) is 42.7 Å². The number of nitrogens with one attached hydrogen (secondary N) is 1. The summed E-state index contributed by atoms with van der Waals surface area (Å²) in [5.74, 6) is 0.212. The second kappa shape index (κ2) is 7.14. The molecule has 0 aliphatic rings. The average Bonchev–Trinajstić information content (AvgIpc) is 3.07. The number of hydrogen-bond donors (Lipinski definition) is 1. The summed E-state index contributed by atoms with van der Waals surface area (Å²) in [4.78, 5) is 3.78. The molecule has 8 heteroatoms.